The van der Waals surface area contributed by atoms with Crippen molar-refractivity contribution in [1.82, 2.24) is 0 Å². The number of rotatable bonds is 2. The Hall–Kier alpha value is -0.930. The van der Waals surface area contributed by atoms with Crippen LogP contribution in [-0.2, 0) is 4.74 Å². The maximum Gasteiger partial charge on any atom is 0.223 e. The number of hydrogen-bond donors (Lipinski definition) is 5. The summed E-state index contributed by atoms with van der Waals surface area (Å²) in [4.78, 5) is 2.22. The van der Waals surface area contributed by atoms with Crippen LogP contribution in [0.4, 0.5) is 0 Å². The monoisotopic (exact) mass is 221 g/mol. The minimum absolute atomic E-state index is 0.665. The van der Waals surface area contributed by atoms with Gasteiger partial charge >= 0.3 is 0 Å². The summed E-state index contributed by atoms with van der Waals surface area (Å²) in [5.74, 6) is 0. The van der Waals surface area contributed by atoms with Crippen LogP contribution in [0.1, 0.15) is 0 Å². The first-order valence-corrected chi connectivity index (χ1v) is 4.06. The molecular formula is C6H11N3O6. The highest BCUT2D eigenvalue weighted by molar-refractivity contribution is 4.98. The zero-order valence-electron chi connectivity index (χ0n) is 7.50. The largest absolute Gasteiger partial charge is 0.394 e. The van der Waals surface area contributed by atoms with Crippen LogP contribution in [0.3, 0.4) is 0 Å². The molecule has 86 valence electrons. The van der Waals surface area contributed by atoms with Gasteiger partial charge in [-0.3, -0.25) is 0 Å². The summed E-state index contributed by atoms with van der Waals surface area (Å²) in [5.41, 5.74) is 5.45. The van der Waals surface area contributed by atoms with Crippen molar-refractivity contribution in [3.05, 3.63) is 10.4 Å². The normalized spacial score (nSPS) is 45.9. The van der Waals surface area contributed by atoms with Crippen LogP contribution in [0.5, 0.6) is 0 Å². The predicted octanol–water partition coefficient (Wildman–Crippen LogP) is -2.58. The van der Waals surface area contributed by atoms with Crippen LogP contribution < -0.4 is 0 Å². The van der Waals surface area contributed by atoms with Gasteiger partial charge in [-0.25, -0.2) is 0 Å². The van der Waals surface area contributed by atoms with Crippen molar-refractivity contribution in [1.29, 1.82) is 0 Å². The van der Waals surface area contributed by atoms with Gasteiger partial charge in [-0.15, -0.1) is 0 Å². The van der Waals surface area contributed by atoms with Crippen molar-refractivity contribution in [3.8, 4) is 0 Å². The van der Waals surface area contributed by atoms with Gasteiger partial charge in [0.15, 0.2) is 6.29 Å². The molecule has 0 spiro atoms. The van der Waals surface area contributed by atoms with E-state index in [1.165, 1.54) is 0 Å². The summed E-state index contributed by atoms with van der Waals surface area (Å²) in [6.45, 7) is -0.665. The molecule has 0 aliphatic carbocycles. The van der Waals surface area contributed by atoms with E-state index in [0.29, 0.717) is 0 Å². The third-order valence-corrected chi connectivity index (χ3v) is 2.19. The Morgan fingerprint density at radius 1 is 1.40 bits per heavy atom. The molecule has 1 saturated heterocycles. The van der Waals surface area contributed by atoms with E-state index in [4.69, 9.17) is 10.6 Å². The minimum Gasteiger partial charge on any atom is -0.394 e. The lowest BCUT2D eigenvalue weighted by atomic mass is 9.94. The van der Waals surface area contributed by atoms with E-state index in [0.717, 1.165) is 0 Å². The van der Waals surface area contributed by atoms with Gasteiger partial charge in [0.05, 0.1) is 6.61 Å². The average Bonchev–Trinajstić information content (AvgIpc) is 2.21. The predicted molar refractivity (Wildman–Crippen MR) is 44.1 cm³/mol. The Balaban J connectivity index is 2.97. The van der Waals surface area contributed by atoms with Gasteiger partial charge in [-0.05, 0) is 5.53 Å². The van der Waals surface area contributed by atoms with Crippen LogP contribution >= 0.6 is 0 Å². The Labute approximate surface area is 83.8 Å². The van der Waals surface area contributed by atoms with E-state index < -0.39 is 36.9 Å². The highest BCUT2D eigenvalue weighted by Crippen LogP contribution is 2.29. The second-order valence-corrected chi connectivity index (χ2v) is 3.12. The summed E-state index contributed by atoms with van der Waals surface area (Å²) in [7, 11) is 0. The van der Waals surface area contributed by atoms with Crippen molar-refractivity contribution in [2.24, 2.45) is 5.11 Å². The first kappa shape index (κ1) is 12.1. The van der Waals surface area contributed by atoms with E-state index in [1.807, 2.05) is 0 Å². The molecule has 1 fully saturated rings. The summed E-state index contributed by atoms with van der Waals surface area (Å²) in [6, 6.07) is 0. The molecule has 0 aromatic heterocycles. The number of aliphatic hydroxyl groups excluding tert-OH is 4. The molecule has 1 rings (SSSR count). The second-order valence-electron chi connectivity index (χ2n) is 3.12. The highest BCUT2D eigenvalue weighted by Gasteiger charge is 2.54. The fourth-order valence-corrected chi connectivity index (χ4v) is 1.28. The molecule has 0 aromatic carbocycles. The number of nitrogens with zero attached hydrogens (tertiary/aromatic N) is 3. The molecule has 9 nitrogen and oxygen atoms in total. The Morgan fingerprint density at radius 3 is 2.47 bits per heavy atom. The molecule has 0 amide bonds. The lowest BCUT2D eigenvalue weighted by Crippen LogP contribution is -2.65. The van der Waals surface area contributed by atoms with E-state index in [-0.39, 0.29) is 0 Å². The van der Waals surface area contributed by atoms with Gasteiger partial charge in [0.25, 0.3) is 0 Å². The molecule has 1 aliphatic heterocycles. The van der Waals surface area contributed by atoms with Gasteiger partial charge in [-0.2, -0.15) is 0 Å². The van der Waals surface area contributed by atoms with Gasteiger partial charge in [0, 0.05) is 4.91 Å². The molecule has 5 N–H and O–H groups in total. The fraction of sp³-hybridized carbons (Fsp3) is 1.00. The first-order valence-electron chi connectivity index (χ1n) is 4.06. The number of hydrogen-bond acceptors (Lipinski definition) is 7. The van der Waals surface area contributed by atoms with Crippen molar-refractivity contribution < 1.29 is 30.3 Å². The Bertz CT molecular complexity index is 282. The third-order valence-electron chi connectivity index (χ3n) is 2.19. The number of azide groups is 1. The molecule has 9 heteroatoms. The summed E-state index contributed by atoms with van der Waals surface area (Å²) in [5, 5.41) is 48.9. The van der Waals surface area contributed by atoms with Crippen molar-refractivity contribution in [3.63, 3.8) is 0 Å². The fourth-order valence-electron chi connectivity index (χ4n) is 1.28. The van der Waals surface area contributed by atoms with Gasteiger partial charge < -0.3 is 30.3 Å². The maximum atomic E-state index is 9.50. The van der Waals surface area contributed by atoms with Crippen molar-refractivity contribution in [2.75, 3.05) is 6.61 Å². The molecule has 0 radical (unpaired) electrons. The molecule has 5 atom stereocenters. The maximum absolute atomic E-state index is 9.50. The highest BCUT2D eigenvalue weighted by atomic mass is 16.6. The van der Waals surface area contributed by atoms with Crippen molar-refractivity contribution >= 4 is 0 Å². The standard InChI is InChI=1S/C6H11N3O6/c7-9-8-6(14)4(12)3(11)2(1-10)15-5(6)13/h2-5,10-14H,1H2/t2-,3-,4+,5+,6-/m1/s1. The van der Waals surface area contributed by atoms with Gasteiger partial charge in [-0.1, -0.05) is 5.11 Å². The third kappa shape index (κ3) is 1.90. The Morgan fingerprint density at radius 2 is 2.00 bits per heavy atom. The van der Waals surface area contributed by atoms with Crippen LogP contribution in [0.25, 0.3) is 10.4 Å². The molecule has 15 heavy (non-hydrogen) atoms. The zero-order valence-corrected chi connectivity index (χ0v) is 7.50. The quantitative estimate of drug-likeness (QED) is 0.195. The van der Waals surface area contributed by atoms with E-state index >= 15 is 0 Å². The molecule has 1 aliphatic rings. The van der Waals surface area contributed by atoms with Crippen LogP contribution in [0.2, 0.25) is 0 Å². The Kier molecular flexibility index (Phi) is 3.47. The molecular weight excluding hydrogens is 210 g/mol. The molecule has 0 bridgehead atoms. The molecule has 0 unspecified atom stereocenters. The summed E-state index contributed by atoms with van der Waals surface area (Å²) in [6.07, 6.45) is -6.91. The zero-order chi connectivity index (χ0) is 11.6. The van der Waals surface area contributed by atoms with Crippen molar-refractivity contribution in [2.45, 2.75) is 30.3 Å². The smallest absolute Gasteiger partial charge is 0.223 e. The SMILES string of the molecule is [N-]=[N+]=N[C@]1(O)[C@@H](O)O[C@H](CO)[C@@H](O)[C@@H]1O. The molecule has 0 aromatic rings. The first-order chi connectivity index (χ1) is 6.97. The van der Waals surface area contributed by atoms with E-state index in [1.54, 1.807) is 0 Å². The lowest BCUT2D eigenvalue weighted by molar-refractivity contribution is -0.327. The van der Waals surface area contributed by atoms with Gasteiger partial charge in [0.2, 0.25) is 5.72 Å². The minimum atomic E-state index is -2.67. The lowest BCUT2D eigenvalue weighted by Gasteiger charge is -2.43. The molecule has 0 saturated carbocycles. The molecule has 1 heterocycles. The second kappa shape index (κ2) is 4.29. The van der Waals surface area contributed by atoms with Crippen LogP contribution in [0, 0.1) is 0 Å². The van der Waals surface area contributed by atoms with Crippen LogP contribution in [-0.4, -0.2) is 62.5 Å². The van der Waals surface area contributed by atoms with Crippen LogP contribution in [0.15, 0.2) is 5.11 Å². The number of aliphatic hydroxyl groups is 5. The van der Waals surface area contributed by atoms with Gasteiger partial charge in [0.1, 0.15) is 18.3 Å². The van der Waals surface area contributed by atoms with E-state index in [2.05, 4.69) is 14.8 Å². The van der Waals surface area contributed by atoms with E-state index in [9.17, 15) is 20.4 Å². The summed E-state index contributed by atoms with van der Waals surface area (Å²) >= 11 is 0. The average molecular weight is 221 g/mol. The summed E-state index contributed by atoms with van der Waals surface area (Å²) < 4.78 is 4.57. The topological polar surface area (TPSA) is 159 Å². The number of ether oxygens (including phenoxy) is 1.